The van der Waals surface area contributed by atoms with E-state index in [4.69, 9.17) is 5.73 Å². The minimum absolute atomic E-state index is 0.460. The van der Waals surface area contributed by atoms with Crippen LogP contribution in [0.1, 0.15) is 51.4 Å². The first-order valence-electron chi connectivity index (χ1n) is 7.32. The molecule has 3 fully saturated rings. The highest BCUT2D eigenvalue weighted by Gasteiger charge is 2.35. The highest BCUT2D eigenvalue weighted by atomic mass is 15.2. The van der Waals surface area contributed by atoms with Gasteiger partial charge < -0.3 is 5.73 Å². The minimum atomic E-state index is 0.460. The van der Waals surface area contributed by atoms with Crippen molar-refractivity contribution < 1.29 is 0 Å². The molecule has 0 heterocycles. The lowest BCUT2D eigenvalue weighted by Crippen LogP contribution is -2.43. The molecule has 0 aliphatic heterocycles. The molecule has 2 N–H and O–H groups in total. The van der Waals surface area contributed by atoms with Gasteiger partial charge in [0.05, 0.1) is 0 Å². The molecule has 0 aromatic heterocycles. The monoisotopic (exact) mass is 222 g/mol. The number of hydrogen-bond donors (Lipinski definition) is 1. The fraction of sp³-hybridized carbons (Fsp3) is 1.00. The van der Waals surface area contributed by atoms with E-state index in [0.717, 1.165) is 17.9 Å². The molecule has 16 heavy (non-hydrogen) atoms. The zero-order valence-electron chi connectivity index (χ0n) is 10.4. The van der Waals surface area contributed by atoms with E-state index in [1.807, 2.05) is 0 Å². The molecule has 2 nitrogen and oxygen atoms in total. The first-order valence-corrected chi connectivity index (χ1v) is 7.32. The Morgan fingerprint density at radius 2 is 1.69 bits per heavy atom. The lowest BCUT2D eigenvalue weighted by atomic mass is 9.98. The van der Waals surface area contributed by atoms with Crippen molar-refractivity contribution in [3.05, 3.63) is 0 Å². The van der Waals surface area contributed by atoms with Crippen molar-refractivity contribution in [3.63, 3.8) is 0 Å². The van der Waals surface area contributed by atoms with Gasteiger partial charge in [-0.2, -0.15) is 0 Å². The topological polar surface area (TPSA) is 29.3 Å². The van der Waals surface area contributed by atoms with Gasteiger partial charge in [0, 0.05) is 25.2 Å². The Kier molecular flexibility index (Phi) is 3.21. The van der Waals surface area contributed by atoms with Crippen LogP contribution in [-0.2, 0) is 0 Å². The van der Waals surface area contributed by atoms with Gasteiger partial charge in [-0.25, -0.2) is 0 Å². The van der Waals surface area contributed by atoms with Gasteiger partial charge in [0.2, 0.25) is 0 Å². The van der Waals surface area contributed by atoms with Crippen LogP contribution in [0.15, 0.2) is 0 Å². The molecule has 1 unspecified atom stereocenters. The first-order chi connectivity index (χ1) is 7.83. The van der Waals surface area contributed by atoms with Gasteiger partial charge in [-0.3, -0.25) is 4.90 Å². The van der Waals surface area contributed by atoms with Crippen LogP contribution < -0.4 is 5.73 Å². The van der Waals surface area contributed by atoms with Crippen molar-refractivity contribution in [2.75, 3.05) is 13.1 Å². The lowest BCUT2D eigenvalue weighted by molar-refractivity contribution is 0.213. The normalized spacial score (nSPS) is 28.9. The Hall–Kier alpha value is -0.0800. The first kappa shape index (κ1) is 11.0. The minimum Gasteiger partial charge on any atom is -0.326 e. The van der Waals surface area contributed by atoms with E-state index in [1.54, 1.807) is 0 Å². The summed E-state index contributed by atoms with van der Waals surface area (Å²) < 4.78 is 0. The van der Waals surface area contributed by atoms with E-state index in [1.165, 1.54) is 64.5 Å². The summed E-state index contributed by atoms with van der Waals surface area (Å²) in [7, 11) is 0. The molecular formula is C14H26N2. The average Bonchev–Trinajstić information content (AvgIpc) is 3.18. The van der Waals surface area contributed by atoms with Crippen LogP contribution in [0.4, 0.5) is 0 Å². The summed E-state index contributed by atoms with van der Waals surface area (Å²) in [4.78, 5) is 2.72. The molecule has 3 aliphatic carbocycles. The van der Waals surface area contributed by atoms with Gasteiger partial charge in [-0.05, 0) is 50.4 Å². The molecule has 3 saturated carbocycles. The van der Waals surface area contributed by atoms with Crippen LogP contribution in [0.3, 0.4) is 0 Å². The predicted octanol–water partition coefficient (Wildman–Crippen LogP) is 2.38. The van der Waals surface area contributed by atoms with Crippen molar-refractivity contribution in [2.45, 2.75) is 63.5 Å². The molecule has 0 spiro atoms. The molecule has 0 saturated heterocycles. The van der Waals surface area contributed by atoms with Crippen LogP contribution in [-0.4, -0.2) is 30.1 Å². The smallest absolute Gasteiger partial charge is 0.0196 e. The molecule has 0 radical (unpaired) electrons. The Morgan fingerprint density at radius 3 is 2.25 bits per heavy atom. The predicted molar refractivity (Wildman–Crippen MR) is 67.3 cm³/mol. The summed E-state index contributed by atoms with van der Waals surface area (Å²) in [5.74, 6) is 1.86. The Morgan fingerprint density at radius 1 is 1.00 bits per heavy atom. The molecule has 2 heteroatoms. The third kappa shape index (κ3) is 2.78. The Balaban J connectivity index is 1.48. The maximum Gasteiger partial charge on any atom is 0.0196 e. The average molecular weight is 222 g/mol. The molecular weight excluding hydrogens is 196 g/mol. The number of nitrogens with two attached hydrogens (primary N) is 1. The van der Waals surface area contributed by atoms with E-state index in [2.05, 4.69) is 4.90 Å². The van der Waals surface area contributed by atoms with Gasteiger partial charge in [0.25, 0.3) is 0 Å². The van der Waals surface area contributed by atoms with Crippen molar-refractivity contribution in [2.24, 2.45) is 17.6 Å². The summed E-state index contributed by atoms with van der Waals surface area (Å²) in [6, 6.07) is 1.37. The molecule has 0 aromatic rings. The van der Waals surface area contributed by atoms with Crippen LogP contribution in [0.25, 0.3) is 0 Å². The number of hydrogen-bond acceptors (Lipinski definition) is 2. The second-order valence-electron chi connectivity index (χ2n) is 6.34. The SMILES string of the molecule is NC(CN(CC1CC1)C1CC1)C1CCCC1. The van der Waals surface area contributed by atoms with Crippen LogP contribution >= 0.6 is 0 Å². The third-order valence-corrected chi connectivity index (χ3v) is 4.70. The standard InChI is InChI=1S/C14H26N2/c15-14(12-3-1-2-4-12)10-16(13-7-8-13)9-11-5-6-11/h11-14H,1-10,15H2. The summed E-state index contributed by atoms with van der Waals surface area (Å²) in [6.45, 7) is 2.54. The largest absolute Gasteiger partial charge is 0.326 e. The summed E-state index contributed by atoms with van der Waals surface area (Å²) >= 11 is 0. The third-order valence-electron chi connectivity index (χ3n) is 4.70. The van der Waals surface area contributed by atoms with E-state index < -0.39 is 0 Å². The second-order valence-corrected chi connectivity index (χ2v) is 6.34. The van der Waals surface area contributed by atoms with E-state index >= 15 is 0 Å². The summed E-state index contributed by atoms with van der Waals surface area (Å²) in [5, 5.41) is 0. The van der Waals surface area contributed by atoms with Crippen molar-refractivity contribution >= 4 is 0 Å². The molecule has 3 rings (SSSR count). The zero-order chi connectivity index (χ0) is 11.0. The second kappa shape index (κ2) is 4.66. The molecule has 0 bridgehead atoms. The van der Waals surface area contributed by atoms with Crippen molar-refractivity contribution in [1.82, 2.24) is 4.90 Å². The highest BCUT2D eigenvalue weighted by Crippen LogP contribution is 2.36. The van der Waals surface area contributed by atoms with Crippen molar-refractivity contribution in [1.29, 1.82) is 0 Å². The van der Waals surface area contributed by atoms with Gasteiger partial charge in [0.1, 0.15) is 0 Å². The Labute approximate surface area is 99.6 Å². The maximum absolute atomic E-state index is 6.40. The molecule has 0 amide bonds. The van der Waals surface area contributed by atoms with E-state index in [0.29, 0.717) is 6.04 Å². The van der Waals surface area contributed by atoms with Gasteiger partial charge >= 0.3 is 0 Å². The van der Waals surface area contributed by atoms with Gasteiger partial charge in [0.15, 0.2) is 0 Å². The van der Waals surface area contributed by atoms with E-state index in [9.17, 15) is 0 Å². The van der Waals surface area contributed by atoms with Crippen LogP contribution in [0.2, 0.25) is 0 Å². The van der Waals surface area contributed by atoms with E-state index in [-0.39, 0.29) is 0 Å². The summed E-state index contributed by atoms with van der Waals surface area (Å²) in [5.41, 5.74) is 6.40. The summed E-state index contributed by atoms with van der Waals surface area (Å²) in [6.07, 6.45) is 11.4. The Bertz CT molecular complexity index is 227. The lowest BCUT2D eigenvalue weighted by Gasteiger charge is -2.28. The van der Waals surface area contributed by atoms with Crippen LogP contribution in [0.5, 0.6) is 0 Å². The van der Waals surface area contributed by atoms with Gasteiger partial charge in [-0.1, -0.05) is 12.8 Å². The molecule has 92 valence electrons. The maximum atomic E-state index is 6.40. The zero-order valence-corrected chi connectivity index (χ0v) is 10.4. The van der Waals surface area contributed by atoms with Crippen LogP contribution in [0, 0.1) is 11.8 Å². The quantitative estimate of drug-likeness (QED) is 0.747. The fourth-order valence-electron chi connectivity index (χ4n) is 3.25. The molecule has 0 aromatic carbocycles. The fourth-order valence-corrected chi connectivity index (χ4v) is 3.25. The van der Waals surface area contributed by atoms with Crippen molar-refractivity contribution in [3.8, 4) is 0 Å². The number of rotatable bonds is 6. The molecule has 3 aliphatic rings. The molecule has 1 atom stereocenters. The number of nitrogens with zero attached hydrogens (tertiary/aromatic N) is 1. The van der Waals surface area contributed by atoms with Gasteiger partial charge in [-0.15, -0.1) is 0 Å². The highest BCUT2D eigenvalue weighted by molar-refractivity contribution is 4.91.